The van der Waals surface area contributed by atoms with E-state index in [1.165, 1.54) is 17.7 Å². The number of amides is 12. The van der Waals surface area contributed by atoms with Crippen LogP contribution < -0.4 is 54.1 Å². The first-order valence-electron chi connectivity index (χ1n) is 44.3. The lowest BCUT2D eigenvalue weighted by molar-refractivity contribution is -0.226. The number of carbonyl (C=O) groups is 11. The first-order valence-corrected chi connectivity index (χ1v) is 44.3. The summed E-state index contributed by atoms with van der Waals surface area (Å²) in [5.74, 6) is 0.927. The second-order valence-corrected chi connectivity index (χ2v) is 35.2. The van der Waals surface area contributed by atoms with Gasteiger partial charge >= 0.3 is 12.1 Å². The van der Waals surface area contributed by atoms with Crippen molar-refractivity contribution in [1.29, 1.82) is 0 Å². The summed E-state index contributed by atoms with van der Waals surface area (Å²) in [4.78, 5) is 154. The number of hydrogen-bond donors (Lipinski definition) is 15. The highest BCUT2D eigenvalue weighted by atomic mass is 16.6. The fourth-order valence-corrected chi connectivity index (χ4v) is 19.2. The molecule has 12 amide bonds. The Morgan fingerprint density at radius 1 is 0.603 bits per heavy atom. The van der Waals surface area contributed by atoms with Crippen LogP contribution in [0, 0.1) is 28.6 Å². The van der Waals surface area contributed by atoms with Gasteiger partial charge in [-0.05, 0) is 196 Å². The second-order valence-electron chi connectivity index (χ2n) is 35.2. The van der Waals surface area contributed by atoms with Crippen LogP contribution in [-0.4, -0.2) is 248 Å². The van der Waals surface area contributed by atoms with Crippen LogP contribution >= 0.6 is 0 Å². The van der Waals surface area contributed by atoms with Crippen molar-refractivity contribution in [3.63, 3.8) is 0 Å². The number of nitrogens with one attached hydrogen (secondary N) is 8. The third-order valence-electron chi connectivity index (χ3n) is 26.2. The minimum Gasteiger partial charge on any atom is -0.508 e. The van der Waals surface area contributed by atoms with Crippen LogP contribution in [0.2, 0.25) is 0 Å². The molecule has 15 atom stereocenters. The first kappa shape index (κ1) is 98.3. The molecule has 692 valence electrons. The van der Waals surface area contributed by atoms with Crippen molar-refractivity contribution >= 4 is 88.1 Å². The van der Waals surface area contributed by atoms with Gasteiger partial charge in [0.2, 0.25) is 41.4 Å². The maximum Gasteiger partial charge on any atom is 0.411 e. The van der Waals surface area contributed by atoms with Gasteiger partial charge in [0.05, 0.1) is 82.5 Å². The van der Waals surface area contributed by atoms with Crippen molar-refractivity contribution in [2.75, 3.05) is 96.3 Å². The molecule has 2 aliphatic heterocycles. The standard InChI is InChI=1S/C90H129N13O23/c1-54(2)74(100-80(114)64(97-70(106)33-41-120-43-45-122-47-48-123-46-44-121-42-40-103-72(108)31-32-73(103)109)16-10-11-38-93-71(107)53-124-66-18-9-7-8-15-63(75(66)102-92)99-82-78(112)77(111)76(110)67(51-104)126-82)81(115)98-65(17-12-39-94-85(91)118)79(113)95-58-25-19-55(20-26-58)52-125-86(119)96-59-27-21-56-23-29-68-87(3,61(56)49-59)34-13-36-89(68,5)83(116)101-84(117)90(6)37-14-35-88(4)62-50-60(105)28-22-57(62)24-30-69(88)90/h19-22,25-28,31-32,49-50,54,64-69,74,76-78,82,104-105,110-112H,7-18,23-24,29-30,33-48,51-53,92H2,1-6H3,(H,93,107)(H,95,113)(H,96,119)(H,97,106)(H,98,115)(H,100,114)(H3,91,94,118)(H,101,116,117)/t64-,65+,66?,67-,68?,69-,74+,76+,77+,78-,82-,87-,88-,89+,90+/m1/s1. The zero-order chi connectivity index (χ0) is 90.9. The molecule has 4 fully saturated rings. The number of rotatable bonds is 42. The number of aliphatic hydroxyl groups is 4. The van der Waals surface area contributed by atoms with Gasteiger partial charge in [-0.15, -0.1) is 0 Å². The number of phenols is 1. The second kappa shape index (κ2) is 46.2. The van der Waals surface area contributed by atoms with Crippen molar-refractivity contribution in [3.8, 4) is 5.75 Å². The Morgan fingerprint density at radius 2 is 1.19 bits per heavy atom. The van der Waals surface area contributed by atoms with Gasteiger partial charge in [0.1, 0.15) is 73.3 Å². The van der Waals surface area contributed by atoms with Crippen LogP contribution in [-0.2, 0) is 107 Å². The largest absolute Gasteiger partial charge is 0.508 e. The molecular formula is C90H129N13O23. The molecule has 5 aliphatic carbocycles. The highest BCUT2D eigenvalue weighted by Gasteiger charge is 2.59. The van der Waals surface area contributed by atoms with Gasteiger partial charge in [0.15, 0.2) is 6.23 Å². The number of ether oxygens (including phenoxy) is 7. The molecule has 0 spiro atoms. The van der Waals surface area contributed by atoms with Crippen molar-refractivity contribution in [2.45, 2.75) is 249 Å². The Bertz CT molecular complexity index is 4380. The third kappa shape index (κ3) is 25.5. The summed E-state index contributed by atoms with van der Waals surface area (Å²) >= 11 is 0. The van der Waals surface area contributed by atoms with E-state index in [0.29, 0.717) is 74.0 Å². The zero-order valence-corrected chi connectivity index (χ0v) is 73.2. The van der Waals surface area contributed by atoms with Crippen LogP contribution in [0.5, 0.6) is 5.75 Å². The number of aromatic hydroxyl groups is 1. The van der Waals surface area contributed by atoms with Gasteiger partial charge in [0.25, 0.3) is 11.8 Å². The summed E-state index contributed by atoms with van der Waals surface area (Å²) in [5.41, 5.74) is 9.24. The van der Waals surface area contributed by atoms with E-state index < -0.39 is 132 Å². The van der Waals surface area contributed by atoms with E-state index in [4.69, 9.17) is 44.7 Å². The molecule has 36 heteroatoms. The number of unbranched alkanes of at least 4 members (excludes halogenated alkanes) is 1. The number of urea groups is 1. The van der Waals surface area contributed by atoms with E-state index >= 15 is 0 Å². The van der Waals surface area contributed by atoms with Gasteiger partial charge < -0.3 is 102 Å². The molecule has 36 nitrogen and oxygen atoms in total. The van der Waals surface area contributed by atoms with Crippen molar-refractivity contribution in [3.05, 3.63) is 101 Å². The number of primary amides is 1. The highest BCUT2D eigenvalue weighted by molar-refractivity contribution is 6.44. The molecule has 3 saturated carbocycles. The third-order valence-corrected chi connectivity index (χ3v) is 26.2. The normalized spacial score (nSPS) is 26.5. The highest BCUT2D eigenvalue weighted by Crippen LogP contribution is 2.60. The predicted octanol–water partition coefficient (Wildman–Crippen LogP) is 4.57. The molecule has 1 saturated heterocycles. The molecule has 0 bridgehead atoms. The van der Waals surface area contributed by atoms with Crippen molar-refractivity contribution < 1.29 is 111 Å². The fraction of sp³-hybridized carbons (Fsp3) is 0.633. The molecule has 7 aliphatic rings. The van der Waals surface area contributed by atoms with Crippen LogP contribution in [0.15, 0.2) is 82.9 Å². The van der Waals surface area contributed by atoms with Crippen molar-refractivity contribution in [2.24, 2.45) is 50.3 Å². The SMILES string of the molecule is CC(C)[C@H](NC(=O)[C@@H](CCCCNC(=O)COC1CCCCCC(=N[C@@H]2O[C@H](CO)[C@H](O)[C@H](O)[C@H]2O)C1=NN)NC(=O)CCOCCOCCOCCOCCN1C(=O)C=CC1=O)C(=O)N[C@@H](CCCNC(N)=O)C(=O)Nc1ccc(COC(=O)Nc2ccc3c(c2)[C@@]2(C)CCC[C@](C)(C(=O)NC(=O)[C@@]4(C)CCC[C@]5(C)c6cc(O)ccc6CC[C@@H]45)C2CC3)cc1. The van der Waals surface area contributed by atoms with E-state index in [-0.39, 0.29) is 164 Å². The van der Waals surface area contributed by atoms with Crippen LogP contribution in [0.1, 0.15) is 191 Å². The lowest BCUT2D eigenvalue weighted by Gasteiger charge is -2.56. The lowest BCUT2D eigenvalue weighted by Crippen LogP contribution is -2.60. The van der Waals surface area contributed by atoms with Gasteiger partial charge in [-0.1, -0.05) is 91.5 Å². The number of aryl methyl sites for hydroxylation is 2. The molecule has 3 aromatic rings. The maximum absolute atomic E-state index is 14.9. The van der Waals surface area contributed by atoms with E-state index in [2.05, 4.69) is 66.5 Å². The molecular weight excluding hydrogens is 1630 g/mol. The number of nitrogens with zero attached hydrogens (tertiary/aromatic N) is 3. The predicted molar refractivity (Wildman–Crippen MR) is 463 cm³/mol. The van der Waals surface area contributed by atoms with E-state index in [1.54, 1.807) is 44.2 Å². The van der Waals surface area contributed by atoms with E-state index in [0.717, 1.165) is 73.0 Å². The number of imide groups is 2. The smallest absolute Gasteiger partial charge is 0.411 e. The van der Waals surface area contributed by atoms with E-state index in [9.17, 15) is 78.3 Å². The number of hydrogen-bond acceptors (Lipinski definition) is 26. The Kier molecular flexibility index (Phi) is 36.0. The Morgan fingerprint density at radius 3 is 1.81 bits per heavy atom. The molecule has 0 aromatic heterocycles. The molecule has 0 radical (unpaired) electrons. The molecule has 2 unspecified atom stereocenters. The molecule has 10 rings (SSSR count). The minimum atomic E-state index is -1.67. The van der Waals surface area contributed by atoms with Crippen LogP contribution in [0.25, 0.3) is 0 Å². The van der Waals surface area contributed by atoms with Gasteiger partial charge in [0, 0.05) is 43.0 Å². The van der Waals surface area contributed by atoms with Gasteiger partial charge in [-0.2, -0.15) is 5.10 Å². The average molecular weight is 1760 g/mol. The number of aliphatic hydroxyl groups excluding tert-OH is 4. The minimum absolute atomic E-state index is 0.00491. The van der Waals surface area contributed by atoms with Crippen molar-refractivity contribution in [1.82, 2.24) is 36.8 Å². The number of carbonyl (C=O) groups excluding carboxylic acids is 11. The number of hydrazone groups is 1. The number of aliphatic imine (C=N–C) groups is 1. The molecule has 126 heavy (non-hydrogen) atoms. The molecule has 2 heterocycles. The van der Waals surface area contributed by atoms with E-state index in [1.807, 2.05) is 44.2 Å². The maximum atomic E-state index is 14.9. The summed E-state index contributed by atoms with van der Waals surface area (Å²) in [6, 6.07) is 13.3. The number of nitrogens with two attached hydrogens (primary N) is 2. The topological polar surface area (TPSA) is 530 Å². The summed E-state index contributed by atoms with van der Waals surface area (Å²) in [7, 11) is 0. The molecule has 3 aromatic carbocycles. The number of phenolic OH excluding ortho intramolecular Hbond substituents is 1. The lowest BCUT2D eigenvalue weighted by atomic mass is 9.49. The summed E-state index contributed by atoms with van der Waals surface area (Å²) in [6.45, 7) is 12.2. The first-order chi connectivity index (χ1) is 60.3. The zero-order valence-electron chi connectivity index (χ0n) is 73.2. The van der Waals surface area contributed by atoms with Crippen LogP contribution in [0.4, 0.5) is 21.0 Å². The quantitative estimate of drug-likeness (QED) is 0.0160. The monoisotopic (exact) mass is 1760 g/mol. The molecule has 17 N–H and O–H groups in total. The number of fused-ring (bicyclic) bond motifs is 6. The van der Waals surface area contributed by atoms with Gasteiger partial charge in [-0.3, -0.25) is 63.7 Å². The Labute approximate surface area is 734 Å². The summed E-state index contributed by atoms with van der Waals surface area (Å²) < 4.78 is 39.6. The Balaban J connectivity index is 0.711. The number of benzene rings is 3. The van der Waals surface area contributed by atoms with Crippen LogP contribution in [0.3, 0.4) is 0 Å². The number of anilines is 2. The summed E-state index contributed by atoms with van der Waals surface area (Å²) in [6.07, 6.45) is 4.39. The fourth-order valence-electron chi connectivity index (χ4n) is 19.2. The summed E-state index contributed by atoms with van der Waals surface area (Å²) in [5, 5.41) is 78.1. The van der Waals surface area contributed by atoms with Gasteiger partial charge in [-0.25, -0.2) is 9.59 Å². The average Bonchev–Trinajstić information content (AvgIpc) is 0.740. The Hall–Kier alpha value is -9.89.